The molecule has 0 aromatic heterocycles. The highest BCUT2D eigenvalue weighted by molar-refractivity contribution is 14.0. The molecule has 160 valence electrons. The number of likely N-dealkylation sites (N-methyl/N-ethyl adjacent to an activating group) is 1. The van der Waals surface area contributed by atoms with Crippen molar-refractivity contribution in [3.63, 3.8) is 0 Å². The zero-order chi connectivity index (χ0) is 19.6. The monoisotopic (exact) mass is 497 g/mol. The molecule has 1 atom stereocenters. The third-order valence-electron chi connectivity index (χ3n) is 4.52. The molecular weight excluding hydrogens is 457 g/mol. The Balaban J connectivity index is 0.00000676. The van der Waals surface area contributed by atoms with Gasteiger partial charge in [0.25, 0.3) is 0 Å². The Morgan fingerprint density at radius 3 is 2.52 bits per heavy atom. The Bertz CT molecular complexity index is 454. The molecule has 1 unspecified atom stereocenters. The molecular formula is C19H40IN5O2. The maximum atomic E-state index is 11.9. The van der Waals surface area contributed by atoms with E-state index in [4.69, 9.17) is 4.74 Å². The number of carbonyl (C=O) groups excluding carboxylic acids is 1. The van der Waals surface area contributed by atoms with Crippen LogP contribution < -0.4 is 10.6 Å². The minimum atomic E-state index is -0.470. The average Bonchev–Trinajstić information content (AvgIpc) is 2.56. The van der Waals surface area contributed by atoms with Gasteiger partial charge in [-0.15, -0.1) is 24.0 Å². The first kappa shape index (κ1) is 26.2. The number of amides is 1. The third-order valence-corrected chi connectivity index (χ3v) is 4.52. The largest absolute Gasteiger partial charge is 0.444 e. The van der Waals surface area contributed by atoms with Gasteiger partial charge in [0.15, 0.2) is 5.96 Å². The van der Waals surface area contributed by atoms with E-state index in [2.05, 4.69) is 27.4 Å². The maximum absolute atomic E-state index is 11.9. The van der Waals surface area contributed by atoms with E-state index in [9.17, 15) is 4.79 Å². The summed E-state index contributed by atoms with van der Waals surface area (Å²) in [5.41, 5.74) is -0.470. The number of hydrogen-bond acceptors (Lipinski definition) is 4. The lowest BCUT2D eigenvalue weighted by atomic mass is 10.0. The fourth-order valence-electron chi connectivity index (χ4n) is 2.97. The van der Waals surface area contributed by atoms with Crippen LogP contribution in [0.15, 0.2) is 4.99 Å². The molecule has 0 aliphatic carbocycles. The summed E-state index contributed by atoms with van der Waals surface area (Å²) in [6, 6.07) is 0.713. The average molecular weight is 497 g/mol. The lowest BCUT2D eigenvalue weighted by molar-refractivity contribution is 0.0302. The number of carbonyl (C=O) groups is 1. The highest BCUT2D eigenvalue weighted by Gasteiger charge is 2.19. The van der Waals surface area contributed by atoms with Gasteiger partial charge < -0.3 is 25.2 Å². The van der Waals surface area contributed by atoms with Crippen molar-refractivity contribution in [3.8, 4) is 0 Å². The van der Waals surface area contributed by atoms with Gasteiger partial charge in [-0.2, -0.15) is 0 Å². The van der Waals surface area contributed by atoms with Gasteiger partial charge in [-0.3, -0.25) is 4.99 Å². The fraction of sp³-hybridized carbons (Fsp3) is 0.895. The number of nitrogens with one attached hydrogen (secondary N) is 2. The number of halogens is 1. The topological polar surface area (TPSA) is 69.2 Å². The molecule has 0 saturated carbocycles. The Hall–Kier alpha value is -0.770. The van der Waals surface area contributed by atoms with Crippen LogP contribution >= 0.6 is 24.0 Å². The summed E-state index contributed by atoms with van der Waals surface area (Å²) >= 11 is 0. The van der Waals surface area contributed by atoms with Crippen LogP contribution in [0.2, 0.25) is 0 Å². The van der Waals surface area contributed by atoms with E-state index in [1.165, 1.54) is 25.8 Å². The van der Waals surface area contributed by atoms with Crippen molar-refractivity contribution in [2.45, 2.75) is 65.0 Å². The number of rotatable bonds is 7. The Morgan fingerprint density at radius 1 is 1.26 bits per heavy atom. The van der Waals surface area contributed by atoms with Crippen LogP contribution in [0.5, 0.6) is 0 Å². The van der Waals surface area contributed by atoms with E-state index in [0.717, 1.165) is 25.5 Å². The van der Waals surface area contributed by atoms with Crippen LogP contribution in [0, 0.1) is 0 Å². The van der Waals surface area contributed by atoms with E-state index in [1.807, 2.05) is 20.8 Å². The van der Waals surface area contributed by atoms with Crippen molar-refractivity contribution in [2.24, 2.45) is 4.99 Å². The maximum Gasteiger partial charge on any atom is 0.410 e. The second-order valence-corrected chi connectivity index (χ2v) is 8.06. The Morgan fingerprint density at radius 2 is 1.93 bits per heavy atom. The first-order chi connectivity index (χ1) is 12.2. The van der Waals surface area contributed by atoms with Gasteiger partial charge in [0, 0.05) is 46.3 Å². The van der Waals surface area contributed by atoms with Crippen LogP contribution in [-0.2, 0) is 4.74 Å². The number of ether oxygens (including phenoxy) is 1. The summed E-state index contributed by atoms with van der Waals surface area (Å²) in [4.78, 5) is 20.3. The van der Waals surface area contributed by atoms with E-state index in [1.54, 1.807) is 19.0 Å². The van der Waals surface area contributed by atoms with E-state index in [-0.39, 0.29) is 30.1 Å². The van der Waals surface area contributed by atoms with Crippen LogP contribution in [-0.4, -0.2) is 80.3 Å². The first-order valence-corrected chi connectivity index (χ1v) is 9.85. The molecule has 27 heavy (non-hydrogen) atoms. The molecule has 2 N–H and O–H groups in total. The smallest absolute Gasteiger partial charge is 0.410 e. The number of likely N-dealkylation sites (tertiary alicyclic amines) is 1. The molecule has 0 radical (unpaired) electrons. The van der Waals surface area contributed by atoms with Crippen LogP contribution in [0.4, 0.5) is 4.79 Å². The minimum absolute atomic E-state index is 0. The summed E-state index contributed by atoms with van der Waals surface area (Å²) in [7, 11) is 3.51. The molecule has 0 aromatic carbocycles. The zero-order valence-electron chi connectivity index (χ0n) is 18.0. The van der Waals surface area contributed by atoms with Crippen molar-refractivity contribution >= 4 is 36.0 Å². The van der Waals surface area contributed by atoms with Gasteiger partial charge in [0.05, 0.1) is 0 Å². The van der Waals surface area contributed by atoms with Crippen molar-refractivity contribution < 1.29 is 9.53 Å². The van der Waals surface area contributed by atoms with Gasteiger partial charge in [-0.1, -0.05) is 6.42 Å². The normalized spacial score (nSPS) is 18.4. The lowest BCUT2D eigenvalue weighted by Crippen LogP contribution is -2.44. The number of nitrogens with zero attached hydrogens (tertiary/aromatic N) is 3. The fourth-order valence-corrected chi connectivity index (χ4v) is 2.97. The van der Waals surface area contributed by atoms with Gasteiger partial charge in [0.1, 0.15) is 5.60 Å². The van der Waals surface area contributed by atoms with Crippen molar-refractivity contribution in [2.75, 3.05) is 46.8 Å². The predicted molar refractivity (Wildman–Crippen MR) is 123 cm³/mol. The second-order valence-electron chi connectivity index (χ2n) is 8.06. The molecule has 1 amide bonds. The van der Waals surface area contributed by atoms with Gasteiger partial charge in [-0.05, 0) is 53.5 Å². The second kappa shape index (κ2) is 13.4. The Kier molecular flexibility index (Phi) is 13.0. The molecule has 1 aliphatic rings. The van der Waals surface area contributed by atoms with Crippen molar-refractivity contribution in [3.05, 3.63) is 0 Å². The number of piperidine rings is 1. The van der Waals surface area contributed by atoms with E-state index >= 15 is 0 Å². The number of guanidine groups is 1. The van der Waals surface area contributed by atoms with Crippen molar-refractivity contribution in [1.82, 2.24) is 20.4 Å². The summed E-state index contributed by atoms with van der Waals surface area (Å²) in [6.07, 6.45) is 4.80. The molecule has 1 fully saturated rings. The van der Waals surface area contributed by atoms with E-state index < -0.39 is 5.60 Å². The molecule has 8 heteroatoms. The molecule has 1 saturated heterocycles. The highest BCUT2D eigenvalue weighted by Crippen LogP contribution is 2.16. The van der Waals surface area contributed by atoms with Crippen LogP contribution in [0.25, 0.3) is 0 Å². The molecule has 1 aliphatic heterocycles. The lowest BCUT2D eigenvalue weighted by Gasteiger charge is -2.33. The van der Waals surface area contributed by atoms with E-state index in [0.29, 0.717) is 19.1 Å². The number of aliphatic imine (C=N–C) groups is 1. The minimum Gasteiger partial charge on any atom is -0.444 e. The SMILES string of the molecule is CN=C(NCCCN1CCCCC1C)NCCN(C)C(=O)OC(C)(C)C.I. The predicted octanol–water partition coefficient (Wildman–Crippen LogP) is 2.90. The van der Waals surface area contributed by atoms with Crippen molar-refractivity contribution in [1.29, 1.82) is 0 Å². The zero-order valence-corrected chi connectivity index (χ0v) is 20.3. The number of hydrogen-bond donors (Lipinski definition) is 2. The van der Waals surface area contributed by atoms with Crippen LogP contribution in [0.3, 0.4) is 0 Å². The highest BCUT2D eigenvalue weighted by atomic mass is 127. The summed E-state index contributed by atoms with van der Waals surface area (Å²) in [5, 5.41) is 6.58. The molecule has 7 nitrogen and oxygen atoms in total. The third kappa shape index (κ3) is 11.6. The first-order valence-electron chi connectivity index (χ1n) is 9.85. The summed E-state index contributed by atoms with van der Waals surface area (Å²) in [6.45, 7) is 12.4. The summed E-state index contributed by atoms with van der Waals surface area (Å²) < 4.78 is 5.34. The quantitative estimate of drug-likeness (QED) is 0.245. The van der Waals surface area contributed by atoms with Crippen LogP contribution in [0.1, 0.15) is 53.4 Å². The molecule has 1 heterocycles. The van der Waals surface area contributed by atoms with Gasteiger partial charge in [0.2, 0.25) is 0 Å². The molecule has 1 rings (SSSR count). The van der Waals surface area contributed by atoms with Gasteiger partial charge in [-0.25, -0.2) is 4.79 Å². The summed E-state index contributed by atoms with van der Waals surface area (Å²) in [5.74, 6) is 0.772. The standard InChI is InChI=1S/C19H39N5O2.HI/c1-16-10-7-8-13-24(16)14-9-11-21-17(20-5)22-12-15-23(6)18(25)26-19(2,3)4;/h16H,7-15H2,1-6H3,(H2,20,21,22);1H. The Labute approximate surface area is 182 Å². The van der Waals surface area contributed by atoms with Gasteiger partial charge >= 0.3 is 6.09 Å². The molecule has 0 aromatic rings. The molecule has 0 bridgehead atoms. The molecule has 0 spiro atoms.